The third-order valence-corrected chi connectivity index (χ3v) is 3.70. The van der Waals surface area contributed by atoms with Crippen LogP contribution >= 0.6 is 12.4 Å². The molecule has 23 heavy (non-hydrogen) atoms. The Morgan fingerprint density at radius 1 is 1.09 bits per heavy atom. The van der Waals surface area contributed by atoms with E-state index in [9.17, 15) is 9.59 Å². The first-order chi connectivity index (χ1) is 10.6. The van der Waals surface area contributed by atoms with E-state index in [1.807, 2.05) is 18.2 Å². The number of amides is 2. The van der Waals surface area contributed by atoms with Crippen LogP contribution in [0, 0.1) is 0 Å². The van der Waals surface area contributed by atoms with Crippen molar-refractivity contribution in [1.29, 1.82) is 0 Å². The van der Waals surface area contributed by atoms with Crippen molar-refractivity contribution in [2.75, 3.05) is 13.2 Å². The quantitative estimate of drug-likeness (QED) is 0.719. The number of rotatable bonds is 6. The van der Waals surface area contributed by atoms with E-state index >= 15 is 0 Å². The third-order valence-electron chi connectivity index (χ3n) is 3.70. The number of nitrogens with two attached hydrogens (primary N) is 1. The van der Waals surface area contributed by atoms with Gasteiger partial charge in [0.1, 0.15) is 5.75 Å². The van der Waals surface area contributed by atoms with Gasteiger partial charge in [0.2, 0.25) is 5.91 Å². The van der Waals surface area contributed by atoms with Gasteiger partial charge >= 0.3 is 0 Å². The van der Waals surface area contributed by atoms with Crippen LogP contribution in [0.25, 0.3) is 0 Å². The normalized spacial score (nSPS) is 20.0. The zero-order valence-electron chi connectivity index (χ0n) is 13.0. The fourth-order valence-electron chi connectivity index (χ4n) is 2.44. The summed E-state index contributed by atoms with van der Waals surface area (Å²) in [6, 6.07) is 9.50. The molecule has 1 aliphatic rings. The topological polar surface area (TPSA) is 93.5 Å². The molecule has 1 aliphatic carbocycles. The summed E-state index contributed by atoms with van der Waals surface area (Å²) in [5, 5.41) is 5.47. The molecule has 0 bridgehead atoms. The highest BCUT2D eigenvalue weighted by molar-refractivity contribution is 5.85. The smallest absolute Gasteiger partial charge is 0.258 e. The molecule has 0 spiro atoms. The maximum atomic E-state index is 11.8. The van der Waals surface area contributed by atoms with Gasteiger partial charge in [0.05, 0.1) is 6.54 Å². The Labute approximate surface area is 142 Å². The van der Waals surface area contributed by atoms with E-state index < -0.39 is 0 Å². The van der Waals surface area contributed by atoms with Crippen LogP contribution in [0.2, 0.25) is 0 Å². The van der Waals surface area contributed by atoms with Gasteiger partial charge in [0, 0.05) is 12.1 Å². The van der Waals surface area contributed by atoms with Crippen molar-refractivity contribution >= 4 is 24.2 Å². The minimum absolute atomic E-state index is 0. The Kier molecular flexibility index (Phi) is 8.43. The molecule has 7 heteroatoms. The Balaban J connectivity index is 0.00000264. The lowest BCUT2D eigenvalue weighted by Gasteiger charge is -2.26. The molecular formula is C16H24ClN3O3. The highest BCUT2D eigenvalue weighted by Gasteiger charge is 2.20. The van der Waals surface area contributed by atoms with Gasteiger partial charge in [-0.3, -0.25) is 9.59 Å². The van der Waals surface area contributed by atoms with Crippen LogP contribution < -0.4 is 21.1 Å². The Morgan fingerprint density at radius 3 is 2.39 bits per heavy atom. The minimum atomic E-state index is -0.315. The first-order valence-electron chi connectivity index (χ1n) is 7.63. The van der Waals surface area contributed by atoms with Gasteiger partial charge in [-0.15, -0.1) is 12.4 Å². The molecule has 0 saturated heterocycles. The van der Waals surface area contributed by atoms with Crippen molar-refractivity contribution in [1.82, 2.24) is 10.6 Å². The molecule has 0 aromatic heterocycles. The highest BCUT2D eigenvalue weighted by atomic mass is 35.5. The average Bonchev–Trinajstić information content (AvgIpc) is 2.54. The fraction of sp³-hybridized carbons (Fsp3) is 0.500. The van der Waals surface area contributed by atoms with E-state index in [1.165, 1.54) is 0 Å². The fourth-order valence-corrected chi connectivity index (χ4v) is 2.44. The Morgan fingerprint density at radius 2 is 1.74 bits per heavy atom. The van der Waals surface area contributed by atoms with Gasteiger partial charge in [0.25, 0.3) is 5.91 Å². The number of carbonyl (C=O) groups is 2. The monoisotopic (exact) mass is 341 g/mol. The first-order valence-corrected chi connectivity index (χ1v) is 7.63. The molecule has 6 nitrogen and oxygen atoms in total. The lowest BCUT2D eigenvalue weighted by atomic mass is 9.92. The second-order valence-electron chi connectivity index (χ2n) is 5.56. The molecule has 2 amide bonds. The van der Waals surface area contributed by atoms with Crippen molar-refractivity contribution in [3.05, 3.63) is 30.3 Å². The lowest BCUT2D eigenvalue weighted by molar-refractivity contribution is -0.127. The zero-order chi connectivity index (χ0) is 15.8. The number of hydrogen-bond acceptors (Lipinski definition) is 4. The zero-order valence-corrected chi connectivity index (χ0v) is 13.8. The molecule has 1 aromatic carbocycles. The van der Waals surface area contributed by atoms with Gasteiger partial charge in [-0.2, -0.15) is 0 Å². The molecule has 0 unspecified atom stereocenters. The molecule has 1 aromatic rings. The Bertz CT molecular complexity index is 491. The predicted molar refractivity (Wildman–Crippen MR) is 90.6 cm³/mol. The summed E-state index contributed by atoms with van der Waals surface area (Å²) in [4.78, 5) is 23.4. The highest BCUT2D eigenvalue weighted by Crippen LogP contribution is 2.16. The van der Waals surface area contributed by atoms with E-state index in [0.29, 0.717) is 5.75 Å². The first kappa shape index (κ1) is 19.3. The molecule has 0 atom stereocenters. The summed E-state index contributed by atoms with van der Waals surface area (Å²) < 4.78 is 5.30. The number of hydrogen-bond donors (Lipinski definition) is 3. The van der Waals surface area contributed by atoms with E-state index in [2.05, 4.69) is 10.6 Å². The van der Waals surface area contributed by atoms with E-state index in [-0.39, 0.29) is 49.5 Å². The number of para-hydroxylation sites is 1. The van der Waals surface area contributed by atoms with Crippen molar-refractivity contribution < 1.29 is 14.3 Å². The van der Waals surface area contributed by atoms with Gasteiger partial charge in [-0.1, -0.05) is 18.2 Å². The van der Waals surface area contributed by atoms with E-state index in [1.54, 1.807) is 12.1 Å². The molecule has 128 valence electrons. The second kappa shape index (κ2) is 10.1. The van der Waals surface area contributed by atoms with E-state index in [4.69, 9.17) is 10.5 Å². The van der Waals surface area contributed by atoms with Crippen LogP contribution in [0.5, 0.6) is 5.75 Å². The van der Waals surface area contributed by atoms with Crippen LogP contribution in [-0.4, -0.2) is 37.0 Å². The van der Waals surface area contributed by atoms with Gasteiger partial charge in [-0.25, -0.2) is 0 Å². The van der Waals surface area contributed by atoms with Gasteiger partial charge in [0.15, 0.2) is 6.61 Å². The maximum Gasteiger partial charge on any atom is 0.258 e. The molecule has 0 aliphatic heterocycles. The molecule has 0 heterocycles. The molecule has 1 fully saturated rings. The lowest BCUT2D eigenvalue weighted by Crippen LogP contribution is -2.45. The molecule has 4 N–H and O–H groups in total. The summed E-state index contributed by atoms with van der Waals surface area (Å²) in [6.07, 6.45) is 3.67. The SMILES string of the molecule is Cl.NC1CCC(NC(=O)CNC(=O)COc2ccccc2)CC1. The maximum absolute atomic E-state index is 11.8. The van der Waals surface area contributed by atoms with Crippen LogP contribution in [0.3, 0.4) is 0 Å². The second-order valence-corrected chi connectivity index (χ2v) is 5.56. The van der Waals surface area contributed by atoms with Crippen molar-refractivity contribution in [3.8, 4) is 5.75 Å². The summed E-state index contributed by atoms with van der Waals surface area (Å²) in [6.45, 7) is -0.130. The van der Waals surface area contributed by atoms with Crippen molar-refractivity contribution in [2.24, 2.45) is 5.73 Å². The Hall–Kier alpha value is -1.79. The van der Waals surface area contributed by atoms with Crippen LogP contribution in [0.4, 0.5) is 0 Å². The average molecular weight is 342 g/mol. The summed E-state index contributed by atoms with van der Waals surface area (Å²) >= 11 is 0. The number of benzene rings is 1. The van der Waals surface area contributed by atoms with Crippen LogP contribution in [0.1, 0.15) is 25.7 Å². The van der Waals surface area contributed by atoms with Crippen LogP contribution in [-0.2, 0) is 9.59 Å². The molecule has 2 rings (SSSR count). The molecular weight excluding hydrogens is 318 g/mol. The van der Waals surface area contributed by atoms with Crippen LogP contribution in [0.15, 0.2) is 30.3 Å². The van der Waals surface area contributed by atoms with E-state index in [0.717, 1.165) is 25.7 Å². The van der Waals surface area contributed by atoms with Gasteiger partial charge < -0.3 is 21.1 Å². The number of ether oxygens (including phenoxy) is 1. The standard InChI is InChI=1S/C16H23N3O3.ClH/c17-12-6-8-13(9-7-12)19-15(20)10-18-16(21)11-22-14-4-2-1-3-5-14;/h1-5,12-13H,6-11,17H2,(H,18,21)(H,19,20);1H. The summed E-state index contributed by atoms with van der Waals surface area (Å²) in [5.41, 5.74) is 5.82. The van der Waals surface area contributed by atoms with Crippen molar-refractivity contribution in [2.45, 2.75) is 37.8 Å². The minimum Gasteiger partial charge on any atom is -0.484 e. The summed E-state index contributed by atoms with van der Waals surface area (Å²) in [7, 11) is 0. The largest absolute Gasteiger partial charge is 0.484 e. The number of carbonyl (C=O) groups excluding carboxylic acids is 2. The molecule has 0 radical (unpaired) electrons. The van der Waals surface area contributed by atoms with Gasteiger partial charge in [-0.05, 0) is 37.8 Å². The number of halogens is 1. The third kappa shape index (κ3) is 7.34. The summed E-state index contributed by atoms with van der Waals surface area (Å²) in [5.74, 6) is 0.138. The van der Waals surface area contributed by atoms with Crippen molar-refractivity contribution in [3.63, 3.8) is 0 Å². The predicted octanol–water partition coefficient (Wildman–Crippen LogP) is 0.989. The molecule has 1 saturated carbocycles. The number of nitrogens with one attached hydrogen (secondary N) is 2.